The Morgan fingerprint density at radius 2 is 2.05 bits per heavy atom. The number of hydrogen-bond acceptors (Lipinski definition) is 2. The van der Waals surface area contributed by atoms with Gasteiger partial charge in [0.1, 0.15) is 0 Å². The van der Waals surface area contributed by atoms with Crippen molar-refractivity contribution in [2.24, 2.45) is 0 Å². The van der Waals surface area contributed by atoms with E-state index in [0.29, 0.717) is 16.6 Å². The molecule has 0 bridgehead atoms. The van der Waals surface area contributed by atoms with E-state index in [1.165, 1.54) is 13.2 Å². The second-order valence-corrected chi connectivity index (χ2v) is 4.21. The summed E-state index contributed by atoms with van der Waals surface area (Å²) < 4.78 is 43.2. The van der Waals surface area contributed by atoms with Crippen LogP contribution in [0.1, 0.15) is 16.8 Å². The Hall–Kier alpha value is -1.98. The molecule has 102 valence electrons. The molecule has 2 rings (SSSR count). The van der Waals surface area contributed by atoms with Crippen molar-refractivity contribution >= 4 is 16.9 Å². The van der Waals surface area contributed by atoms with Crippen LogP contribution >= 0.6 is 0 Å². The van der Waals surface area contributed by atoms with Gasteiger partial charge in [-0.25, -0.2) is 0 Å². The van der Waals surface area contributed by atoms with Crippen LogP contribution in [-0.4, -0.2) is 18.1 Å². The zero-order valence-corrected chi connectivity index (χ0v) is 10.4. The number of carbonyl (C=O) groups is 1. The minimum absolute atomic E-state index is 0.00593. The number of hydrogen-bond donors (Lipinski definition) is 1. The Balaban J connectivity index is 2.62. The van der Waals surface area contributed by atoms with E-state index >= 15 is 0 Å². The van der Waals surface area contributed by atoms with E-state index in [1.54, 1.807) is 13.0 Å². The van der Waals surface area contributed by atoms with Crippen molar-refractivity contribution in [3.63, 3.8) is 0 Å². The predicted molar refractivity (Wildman–Crippen MR) is 63.8 cm³/mol. The number of carbonyl (C=O) groups excluding carboxylic acids is 1. The number of benzene rings is 1. The number of para-hydroxylation sites is 1. The van der Waals surface area contributed by atoms with Crippen LogP contribution < -0.4 is 0 Å². The predicted octanol–water partition coefficient (Wildman–Crippen LogP) is 3.21. The van der Waals surface area contributed by atoms with E-state index in [9.17, 15) is 18.0 Å². The van der Waals surface area contributed by atoms with Crippen LogP contribution in [0, 0.1) is 6.92 Å². The summed E-state index contributed by atoms with van der Waals surface area (Å²) in [6.07, 6.45) is -4.48. The molecule has 0 amide bonds. The Labute approximate surface area is 107 Å². The van der Waals surface area contributed by atoms with Crippen molar-refractivity contribution in [1.29, 1.82) is 0 Å². The van der Waals surface area contributed by atoms with Crippen molar-refractivity contribution in [2.75, 3.05) is 7.11 Å². The maximum atomic E-state index is 12.9. The Morgan fingerprint density at radius 3 is 2.63 bits per heavy atom. The van der Waals surface area contributed by atoms with E-state index in [-0.39, 0.29) is 11.9 Å². The minimum Gasteiger partial charge on any atom is -0.469 e. The van der Waals surface area contributed by atoms with Crippen LogP contribution in [0.5, 0.6) is 0 Å². The summed E-state index contributed by atoms with van der Waals surface area (Å²) >= 11 is 0. The molecular formula is C13H12F3NO2. The number of rotatable bonds is 2. The molecule has 1 N–H and O–H groups in total. The Morgan fingerprint density at radius 1 is 1.37 bits per heavy atom. The Kier molecular flexibility index (Phi) is 3.26. The standard InChI is InChI=1S/C13H12F3NO2/c1-7-9(6-11(18)19-2)8-4-3-5-10(12(8)17-7)13(14,15)16/h3-5,17H,6H2,1-2H3. The van der Waals surface area contributed by atoms with Gasteiger partial charge in [-0.15, -0.1) is 0 Å². The van der Waals surface area contributed by atoms with Gasteiger partial charge in [-0.05, 0) is 18.6 Å². The molecule has 0 atom stereocenters. The number of alkyl halides is 3. The molecule has 0 aliphatic rings. The molecule has 0 unspecified atom stereocenters. The molecule has 0 aliphatic heterocycles. The maximum Gasteiger partial charge on any atom is 0.418 e. The SMILES string of the molecule is COC(=O)Cc1c(C)[nH]c2c(C(F)(F)F)cccc12. The molecule has 19 heavy (non-hydrogen) atoms. The molecule has 3 nitrogen and oxygen atoms in total. The van der Waals surface area contributed by atoms with Gasteiger partial charge in [0.25, 0.3) is 0 Å². The van der Waals surface area contributed by atoms with E-state index in [0.717, 1.165) is 6.07 Å². The average molecular weight is 271 g/mol. The third-order valence-electron chi connectivity index (χ3n) is 3.01. The summed E-state index contributed by atoms with van der Waals surface area (Å²) in [5.74, 6) is -0.485. The van der Waals surface area contributed by atoms with Gasteiger partial charge in [-0.2, -0.15) is 13.2 Å². The number of aromatic nitrogens is 1. The highest BCUT2D eigenvalue weighted by Gasteiger charge is 2.33. The summed E-state index contributed by atoms with van der Waals surface area (Å²) in [7, 11) is 1.24. The molecule has 0 spiro atoms. The first kappa shape index (κ1) is 13.5. The fourth-order valence-corrected chi connectivity index (χ4v) is 2.08. The molecule has 0 radical (unpaired) electrons. The maximum absolute atomic E-state index is 12.9. The summed E-state index contributed by atoms with van der Waals surface area (Å²) in [5.41, 5.74) is 0.348. The second kappa shape index (κ2) is 4.60. The highest BCUT2D eigenvalue weighted by atomic mass is 19.4. The van der Waals surface area contributed by atoms with Gasteiger partial charge in [0.05, 0.1) is 24.6 Å². The molecule has 0 saturated carbocycles. The second-order valence-electron chi connectivity index (χ2n) is 4.21. The number of ether oxygens (including phenoxy) is 1. The third-order valence-corrected chi connectivity index (χ3v) is 3.01. The number of fused-ring (bicyclic) bond motifs is 1. The summed E-state index contributed by atoms with van der Waals surface area (Å²) in [6.45, 7) is 1.64. The molecular weight excluding hydrogens is 259 g/mol. The van der Waals surface area contributed by atoms with E-state index < -0.39 is 17.7 Å². The molecule has 6 heteroatoms. The first-order valence-corrected chi connectivity index (χ1v) is 5.58. The van der Waals surface area contributed by atoms with E-state index in [1.807, 2.05) is 0 Å². The number of nitrogens with one attached hydrogen (secondary N) is 1. The van der Waals surface area contributed by atoms with Crippen LogP contribution in [0.25, 0.3) is 10.9 Å². The minimum atomic E-state index is -4.43. The van der Waals surface area contributed by atoms with Crippen molar-refractivity contribution in [3.8, 4) is 0 Å². The average Bonchev–Trinajstić information content (AvgIpc) is 2.64. The lowest BCUT2D eigenvalue weighted by atomic mass is 10.1. The first-order chi connectivity index (χ1) is 8.84. The lowest BCUT2D eigenvalue weighted by Crippen LogP contribution is -2.06. The lowest BCUT2D eigenvalue weighted by Gasteiger charge is -2.07. The molecule has 1 aromatic heterocycles. The van der Waals surface area contributed by atoms with Gasteiger partial charge >= 0.3 is 12.1 Å². The molecule has 1 heterocycles. The van der Waals surface area contributed by atoms with Gasteiger partial charge in [-0.1, -0.05) is 12.1 Å². The van der Waals surface area contributed by atoms with Crippen molar-refractivity contribution < 1.29 is 22.7 Å². The number of aromatic amines is 1. The fraction of sp³-hybridized carbons (Fsp3) is 0.308. The van der Waals surface area contributed by atoms with Gasteiger partial charge in [0.15, 0.2) is 0 Å². The number of halogens is 3. The number of aryl methyl sites for hydroxylation is 1. The van der Waals surface area contributed by atoms with Crippen LogP contribution in [-0.2, 0) is 22.1 Å². The van der Waals surface area contributed by atoms with Gasteiger partial charge in [0.2, 0.25) is 0 Å². The zero-order chi connectivity index (χ0) is 14.2. The van der Waals surface area contributed by atoms with Gasteiger partial charge in [-0.3, -0.25) is 4.79 Å². The van der Waals surface area contributed by atoms with Crippen molar-refractivity contribution in [2.45, 2.75) is 19.5 Å². The lowest BCUT2D eigenvalue weighted by molar-refractivity contribution is -0.139. The first-order valence-electron chi connectivity index (χ1n) is 5.58. The summed E-state index contributed by atoms with van der Waals surface area (Å²) in [6, 6.07) is 3.91. The molecule has 2 aromatic rings. The van der Waals surface area contributed by atoms with Crippen LogP contribution in [0.3, 0.4) is 0 Å². The van der Waals surface area contributed by atoms with E-state index in [4.69, 9.17) is 0 Å². The number of esters is 1. The largest absolute Gasteiger partial charge is 0.469 e. The van der Waals surface area contributed by atoms with Crippen molar-refractivity contribution in [1.82, 2.24) is 4.98 Å². The topological polar surface area (TPSA) is 42.1 Å². The summed E-state index contributed by atoms with van der Waals surface area (Å²) in [4.78, 5) is 14.0. The van der Waals surface area contributed by atoms with Gasteiger partial charge < -0.3 is 9.72 Å². The van der Waals surface area contributed by atoms with Crippen LogP contribution in [0.15, 0.2) is 18.2 Å². The molecule has 0 fully saturated rings. The van der Waals surface area contributed by atoms with Crippen molar-refractivity contribution in [3.05, 3.63) is 35.0 Å². The summed E-state index contributed by atoms with van der Waals surface area (Å²) in [5, 5.41) is 0.401. The normalized spacial score (nSPS) is 11.8. The quantitative estimate of drug-likeness (QED) is 0.852. The number of methoxy groups -OCH3 is 1. The smallest absolute Gasteiger partial charge is 0.418 e. The highest BCUT2D eigenvalue weighted by molar-refractivity contribution is 5.91. The third kappa shape index (κ3) is 2.43. The number of H-pyrrole nitrogens is 1. The molecule has 0 saturated heterocycles. The Bertz CT molecular complexity index is 629. The van der Waals surface area contributed by atoms with Crippen LogP contribution in [0.4, 0.5) is 13.2 Å². The fourth-order valence-electron chi connectivity index (χ4n) is 2.08. The monoisotopic (exact) mass is 271 g/mol. The van der Waals surface area contributed by atoms with Crippen LogP contribution in [0.2, 0.25) is 0 Å². The molecule has 0 aliphatic carbocycles. The molecule has 1 aromatic carbocycles. The zero-order valence-electron chi connectivity index (χ0n) is 10.4. The van der Waals surface area contributed by atoms with E-state index in [2.05, 4.69) is 9.72 Å². The van der Waals surface area contributed by atoms with Gasteiger partial charge in [0, 0.05) is 11.1 Å². The highest BCUT2D eigenvalue weighted by Crippen LogP contribution is 2.36.